The molecule has 270 valence electrons. The second-order valence-corrected chi connectivity index (χ2v) is 12.8. The molecule has 1 aromatic heterocycles. The van der Waals surface area contributed by atoms with Gasteiger partial charge in [-0.1, -0.05) is 66.0 Å². The fourth-order valence-electron chi connectivity index (χ4n) is 6.36. The van der Waals surface area contributed by atoms with Crippen molar-refractivity contribution in [3.05, 3.63) is 60.3 Å². The van der Waals surface area contributed by atoms with E-state index in [4.69, 9.17) is 9.47 Å². The summed E-state index contributed by atoms with van der Waals surface area (Å²) in [6, 6.07) is 12.3. The normalized spacial score (nSPS) is 23.8. The Morgan fingerprint density at radius 2 is 1.68 bits per heavy atom. The lowest BCUT2D eigenvalue weighted by molar-refractivity contribution is -0.355. The van der Waals surface area contributed by atoms with E-state index < -0.39 is 73.5 Å². The quantitative estimate of drug-likeness (QED) is 0.104. The van der Waals surface area contributed by atoms with Crippen LogP contribution in [0.3, 0.4) is 0 Å². The summed E-state index contributed by atoms with van der Waals surface area (Å²) in [5.74, 6) is -2.87. The summed E-state index contributed by atoms with van der Waals surface area (Å²) in [4.78, 5) is 37.5. The molecule has 16 heteroatoms. The number of hydrogen-bond donors (Lipinski definition) is 7. The Morgan fingerprint density at radius 3 is 2.32 bits per heavy atom. The van der Waals surface area contributed by atoms with Crippen molar-refractivity contribution in [1.29, 1.82) is 0 Å². The van der Waals surface area contributed by atoms with E-state index in [1.54, 1.807) is 36.4 Å². The van der Waals surface area contributed by atoms with Gasteiger partial charge in [0.1, 0.15) is 24.6 Å². The van der Waals surface area contributed by atoms with E-state index in [2.05, 4.69) is 20.9 Å². The summed E-state index contributed by atoms with van der Waals surface area (Å²) in [7, 11) is 0. The maximum absolute atomic E-state index is 12.7. The lowest BCUT2D eigenvalue weighted by atomic mass is 9.87. The molecule has 2 aromatic carbocycles. The third-order valence-electron chi connectivity index (χ3n) is 9.17. The predicted molar refractivity (Wildman–Crippen MR) is 172 cm³/mol. The van der Waals surface area contributed by atoms with Crippen LogP contribution in [0.4, 0.5) is 0 Å². The molecule has 2 amide bonds. The van der Waals surface area contributed by atoms with Crippen LogP contribution >= 0.6 is 0 Å². The molecule has 1 saturated heterocycles. The van der Waals surface area contributed by atoms with Gasteiger partial charge in [0, 0.05) is 13.0 Å². The molecule has 0 radical (unpaired) electrons. The Balaban J connectivity index is 1.26. The molecule has 3 aromatic rings. The fourth-order valence-corrected chi connectivity index (χ4v) is 6.36. The monoisotopic (exact) mass is 696 g/mol. The number of phenols is 1. The summed E-state index contributed by atoms with van der Waals surface area (Å²) in [5, 5.41) is 77.2. The summed E-state index contributed by atoms with van der Waals surface area (Å²) in [5.41, 5.74) is -0.166. The number of benzene rings is 2. The molecule has 1 aliphatic heterocycles. The summed E-state index contributed by atoms with van der Waals surface area (Å²) >= 11 is 0. The molecule has 50 heavy (non-hydrogen) atoms. The van der Waals surface area contributed by atoms with Crippen LogP contribution in [-0.2, 0) is 31.3 Å². The van der Waals surface area contributed by atoms with Gasteiger partial charge in [0.05, 0.1) is 43.4 Å². The van der Waals surface area contributed by atoms with Gasteiger partial charge in [0.25, 0.3) is 5.88 Å². The second-order valence-electron chi connectivity index (χ2n) is 12.8. The maximum atomic E-state index is 12.7. The molecule has 6 atom stereocenters. The first kappa shape index (κ1) is 36.7. The molecule has 2 fully saturated rings. The number of aliphatic hydroxyl groups excluding tert-OH is 4. The van der Waals surface area contributed by atoms with Crippen molar-refractivity contribution in [1.82, 2.24) is 25.6 Å². The van der Waals surface area contributed by atoms with E-state index in [-0.39, 0.29) is 18.1 Å². The number of hydrogen-bond acceptors (Lipinski definition) is 13. The molecule has 16 nitrogen and oxygen atoms in total. The molecule has 5 rings (SSSR count). The zero-order valence-electron chi connectivity index (χ0n) is 27.3. The largest absolute Gasteiger partial charge is 0.545 e. The smallest absolute Gasteiger partial charge is 0.253 e. The molecule has 2 heterocycles. The minimum Gasteiger partial charge on any atom is -0.545 e. The Bertz CT molecular complexity index is 1600. The predicted octanol–water partition coefficient (Wildman–Crippen LogP) is -1.28. The number of carbonyl (C=O) groups is 3. The Hall–Kier alpha value is -4.61. The molecular weight excluding hydrogens is 654 g/mol. The van der Waals surface area contributed by atoms with Crippen molar-refractivity contribution in [2.45, 2.75) is 81.1 Å². The first-order valence-corrected chi connectivity index (χ1v) is 16.5. The Labute approximate surface area is 287 Å². The van der Waals surface area contributed by atoms with Crippen molar-refractivity contribution in [2.24, 2.45) is 5.92 Å². The first-order valence-electron chi connectivity index (χ1n) is 16.5. The van der Waals surface area contributed by atoms with Crippen LogP contribution in [0.15, 0.2) is 54.7 Å². The minimum absolute atomic E-state index is 0.000154. The second kappa shape index (κ2) is 16.4. The summed E-state index contributed by atoms with van der Waals surface area (Å²) < 4.78 is 12.4. The fraction of sp³-hybridized carbons (Fsp3) is 0.500. The number of amides is 2. The highest BCUT2D eigenvalue weighted by atomic mass is 16.6. The number of aliphatic hydroxyl groups is 4. The van der Waals surface area contributed by atoms with Crippen LogP contribution in [0.2, 0.25) is 0 Å². The van der Waals surface area contributed by atoms with Crippen LogP contribution < -0.4 is 20.5 Å². The van der Waals surface area contributed by atoms with Crippen molar-refractivity contribution >= 4 is 17.8 Å². The number of carbonyl (C=O) groups excluding carboxylic acids is 3. The zero-order chi connectivity index (χ0) is 35.8. The third kappa shape index (κ3) is 8.75. The highest BCUT2D eigenvalue weighted by molar-refractivity contribution is 5.79. The van der Waals surface area contributed by atoms with Gasteiger partial charge in [-0.25, -0.2) is 4.68 Å². The average molecular weight is 697 g/mol. The van der Waals surface area contributed by atoms with Crippen molar-refractivity contribution < 1.29 is 54.5 Å². The van der Waals surface area contributed by atoms with Gasteiger partial charge in [-0.15, -0.1) is 0 Å². The van der Waals surface area contributed by atoms with Crippen molar-refractivity contribution in [3.8, 4) is 22.8 Å². The van der Waals surface area contributed by atoms with Gasteiger partial charge in [-0.3, -0.25) is 9.59 Å². The number of phenolic OH excluding ortho intramolecular Hbond substituents is 1. The molecule has 1 aliphatic carbocycles. The third-order valence-corrected chi connectivity index (χ3v) is 9.17. The number of aromatic hydroxyl groups is 1. The number of aliphatic carboxylic acids is 1. The maximum Gasteiger partial charge on any atom is 0.253 e. The van der Waals surface area contributed by atoms with Crippen molar-refractivity contribution in [2.75, 3.05) is 19.8 Å². The first-order chi connectivity index (χ1) is 24.0. The summed E-state index contributed by atoms with van der Waals surface area (Å²) in [6.45, 7) is -1.15. The van der Waals surface area contributed by atoms with Crippen LogP contribution in [0.25, 0.3) is 11.1 Å². The van der Waals surface area contributed by atoms with Gasteiger partial charge in [0.15, 0.2) is 0 Å². The van der Waals surface area contributed by atoms with E-state index >= 15 is 0 Å². The molecule has 0 unspecified atom stereocenters. The topological polar surface area (TPSA) is 249 Å². The van der Waals surface area contributed by atoms with Gasteiger partial charge < -0.3 is 55.5 Å². The highest BCUT2D eigenvalue weighted by Gasteiger charge is 2.53. The number of nitrogens with zero attached hydrogens (tertiary/aromatic N) is 3. The number of carboxylic acids is 1. The van der Waals surface area contributed by atoms with Crippen molar-refractivity contribution in [3.63, 3.8) is 0 Å². The van der Waals surface area contributed by atoms with E-state index in [9.17, 15) is 45.0 Å². The molecule has 0 bridgehead atoms. The van der Waals surface area contributed by atoms with E-state index in [0.29, 0.717) is 18.1 Å². The van der Waals surface area contributed by atoms with Crippen LogP contribution in [0.5, 0.6) is 11.6 Å². The van der Waals surface area contributed by atoms with Crippen LogP contribution in [0, 0.1) is 5.92 Å². The van der Waals surface area contributed by atoms with E-state index in [1.807, 2.05) is 12.1 Å². The summed E-state index contributed by atoms with van der Waals surface area (Å²) in [6.07, 6.45) is -1.59. The number of carboxylic acid groups (broad SMARTS) is 1. The molecule has 1 saturated carbocycles. The van der Waals surface area contributed by atoms with Gasteiger partial charge in [0.2, 0.25) is 17.5 Å². The van der Waals surface area contributed by atoms with Gasteiger partial charge >= 0.3 is 0 Å². The van der Waals surface area contributed by atoms with Crippen LogP contribution in [0.1, 0.15) is 44.1 Å². The number of ether oxygens (including phenoxy) is 2. The minimum atomic E-state index is -2.56. The van der Waals surface area contributed by atoms with Crippen LogP contribution in [-0.4, -0.2) is 109 Å². The van der Waals surface area contributed by atoms with E-state index in [1.165, 1.54) is 0 Å². The number of aromatic nitrogens is 3. The zero-order valence-corrected chi connectivity index (χ0v) is 27.3. The molecule has 2 aliphatic rings. The lowest BCUT2D eigenvalue weighted by Gasteiger charge is -2.49. The number of nitrogens with one attached hydrogen (secondary N) is 2. The standard InChI is InChI=1S/C34H43N5O11/c40-18-28(45)36-30-25(42)15-34(33(47)48,39-17-29(37-38-39)49-19-21-4-2-1-3-5-21)50-32(30)31(46)26(43)16-35-27(44)14-20-6-8-22(9-7-20)23-10-12-24(41)13-11-23/h6-13,17,21,25-26,30-32,40-43,46H,1-5,14-16,18-19H2,(H,35,44)(H,36,45)(H,47,48)/p-1/t25-,26+,30+,31+,32+,34+/m0/s1. The van der Waals surface area contributed by atoms with Gasteiger partial charge in [-0.05, 0) is 47.6 Å². The Kier molecular flexibility index (Phi) is 12.0. The highest BCUT2D eigenvalue weighted by Crippen LogP contribution is 2.36. The van der Waals surface area contributed by atoms with E-state index in [0.717, 1.165) is 54.1 Å². The average Bonchev–Trinajstić information content (AvgIpc) is 3.61. The lowest BCUT2D eigenvalue weighted by Crippen LogP contribution is -2.69. The molecule has 0 spiro atoms. The number of rotatable bonds is 14. The Morgan fingerprint density at radius 1 is 1.02 bits per heavy atom. The van der Waals surface area contributed by atoms with Gasteiger partial charge in [-0.2, -0.15) is 0 Å². The SMILES string of the molecule is O=C(Cc1ccc(-c2ccc(O)cc2)cc1)NC[C@@H](O)[C@@H](O)[C@@H]1O[C@](C(=O)[O-])(n2cc(OCC3CCCCC3)nn2)C[C@H](O)[C@H]1NC(=O)CO. The molecular formula is C34H42N5O11-. The molecule has 7 N–H and O–H groups in total.